The van der Waals surface area contributed by atoms with Gasteiger partial charge in [0, 0.05) is 24.0 Å². The minimum Gasteiger partial charge on any atom is -0.458 e. The van der Waals surface area contributed by atoms with E-state index in [0.717, 1.165) is 18.4 Å². The fraction of sp³-hybridized carbons (Fsp3) is 0.556. The van der Waals surface area contributed by atoms with Crippen LogP contribution in [0.3, 0.4) is 0 Å². The SMILES string of the molecule is CCCCCCCCC/C=C/C(=O)OCc1cccnc1. The van der Waals surface area contributed by atoms with E-state index < -0.39 is 0 Å². The molecule has 0 amide bonds. The van der Waals surface area contributed by atoms with Gasteiger partial charge in [-0.05, 0) is 18.9 Å². The Kier molecular flexibility index (Phi) is 10.1. The van der Waals surface area contributed by atoms with E-state index in [2.05, 4.69) is 11.9 Å². The Morgan fingerprint density at radius 2 is 1.95 bits per heavy atom. The average Bonchev–Trinajstić information content (AvgIpc) is 2.52. The lowest BCUT2D eigenvalue weighted by Crippen LogP contribution is -2.00. The van der Waals surface area contributed by atoms with Gasteiger partial charge in [0.15, 0.2) is 0 Å². The van der Waals surface area contributed by atoms with Crippen LogP contribution in [0.5, 0.6) is 0 Å². The second-order valence-electron chi connectivity index (χ2n) is 5.28. The molecule has 0 spiro atoms. The highest BCUT2D eigenvalue weighted by Crippen LogP contribution is 2.08. The molecule has 0 saturated heterocycles. The van der Waals surface area contributed by atoms with Crippen LogP contribution in [-0.4, -0.2) is 11.0 Å². The lowest BCUT2D eigenvalue weighted by molar-refractivity contribution is -0.139. The highest BCUT2D eigenvalue weighted by Gasteiger charge is 1.98. The predicted molar refractivity (Wildman–Crippen MR) is 85.8 cm³/mol. The molecule has 0 aliphatic carbocycles. The summed E-state index contributed by atoms with van der Waals surface area (Å²) in [5, 5.41) is 0. The van der Waals surface area contributed by atoms with Gasteiger partial charge in [-0.15, -0.1) is 0 Å². The van der Waals surface area contributed by atoms with Gasteiger partial charge < -0.3 is 4.74 Å². The molecule has 0 aliphatic rings. The van der Waals surface area contributed by atoms with Gasteiger partial charge in [-0.3, -0.25) is 4.98 Å². The largest absolute Gasteiger partial charge is 0.458 e. The van der Waals surface area contributed by atoms with Crippen LogP contribution in [0.2, 0.25) is 0 Å². The average molecular weight is 289 g/mol. The molecule has 1 heterocycles. The summed E-state index contributed by atoms with van der Waals surface area (Å²) in [5.41, 5.74) is 0.909. The normalized spacial score (nSPS) is 10.9. The van der Waals surface area contributed by atoms with Gasteiger partial charge in [-0.1, -0.05) is 57.6 Å². The van der Waals surface area contributed by atoms with Crippen LogP contribution in [-0.2, 0) is 16.1 Å². The molecule has 0 unspecified atom stereocenters. The van der Waals surface area contributed by atoms with E-state index in [-0.39, 0.29) is 12.6 Å². The van der Waals surface area contributed by atoms with E-state index in [9.17, 15) is 4.79 Å². The highest BCUT2D eigenvalue weighted by atomic mass is 16.5. The first-order valence-electron chi connectivity index (χ1n) is 8.05. The smallest absolute Gasteiger partial charge is 0.330 e. The lowest BCUT2D eigenvalue weighted by atomic mass is 10.1. The third kappa shape index (κ3) is 9.83. The molecule has 3 heteroatoms. The van der Waals surface area contributed by atoms with Crippen LogP contribution in [0.15, 0.2) is 36.7 Å². The number of carbonyl (C=O) groups is 1. The lowest BCUT2D eigenvalue weighted by Gasteiger charge is -2.01. The van der Waals surface area contributed by atoms with Crippen molar-refractivity contribution in [2.45, 2.75) is 64.9 Å². The Morgan fingerprint density at radius 1 is 1.19 bits per heavy atom. The number of carbonyl (C=O) groups excluding carboxylic acids is 1. The highest BCUT2D eigenvalue weighted by molar-refractivity contribution is 5.81. The van der Waals surface area contributed by atoms with Gasteiger partial charge in [-0.25, -0.2) is 4.79 Å². The Hall–Kier alpha value is -1.64. The Balaban J connectivity index is 1.99. The number of aromatic nitrogens is 1. The van der Waals surface area contributed by atoms with Crippen molar-refractivity contribution in [1.82, 2.24) is 4.98 Å². The molecule has 0 atom stereocenters. The molecule has 0 fully saturated rings. The third-order valence-electron chi connectivity index (χ3n) is 3.33. The Labute approximate surface area is 128 Å². The fourth-order valence-electron chi connectivity index (χ4n) is 2.08. The molecule has 1 aromatic rings. The van der Waals surface area contributed by atoms with E-state index in [4.69, 9.17) is 4.74 Å². The van der Waals surface area contributed by atoms with Crippen molar-refractivity contribution in [2.75, 3.05) is 0 Å². The number of ether oxygens (including phenoxy) is 1. The van der Waals surface area contributed by atoms with Crippen LogP contribution < -0.4 is 0 Å². The number of allylic oxidation sites excluding steroid dienone is 1. The minimum absolute atomic E-state index is 0.276. The molecule has 0 aromatic carbocycles. The number of hydrogen-bond acceptors (Lipinski definition) is 3. The molecule has 1 rings (SSSR count). The van der Waals surface area contributed by atoms with Crippen LogP contribution in [0, 0.1) is 0 Å². The Bertz CT molecular complexity index is 401. The zero-order valence-electron chi connectivity index (χ0n) is 13.1. The van der Waals surface area contributed by atoms with Crippen molar-refractivity contribution in [1.29, 1.82) is 0 Å². The van der Waals surface area contributed by atoms with Gasteiger partial charge in [0.1, 0.15) is 6.61 Å². The summed E-state index contributed by atoms with van der Waals surface area (Å²) in [7, 11) is 0. The van der Waals surface area contributed by atoms with Crippen molar-refractivity contribution in [2.24, 2.45) is 0 Å². The maximum Gasteiger partial charge on any atom is 0.330 e. The number of pyridine rings is 1. The van der Waals surface area contributed by atoms with Crippen molar-refractivity contribution < 1.29 is 9.53 Å². The maximum absolute atomic E-state index is 11.5. The van der Waals surface area contributed by atoms with Gasteiger partial charge in [0.2, 0.25) is 0 Å². The van der Waals surface area contributed by atoms with Gasteiger partial charge >= 0.3 is 5.97 Å². The summed E-state index contributed by atoms with van der Waals surface area (Å²) in [6.45, 7) is 2.52. The molecule has 116 valence electrons. The zero-order chi connectivity index (χ0) is 15.2. The van der Waals surface area contributed by atoms with Crippen LogP contribution in [0.1, 0.15) is 63.9 Å². The summed E-state index contributed by atoms with van der Waals surface area (Å²) >= 11 is 0. The first-order valence-corrected chi connectivity index (χ1v) is 8.05. The van der Waals surface area contributed by atoms with E-state index in [1.54, 1.807) is 12.4 Å². The molecule has 0 bridgehead atoms. The van der Waals surface area contributed by atoms with E-state index >= 15 is 0 Å². The van der Waals surface area contributed by atoms with Crippen molar-refractivity contribution >= 4 is 5.97 Å². The zero-order valence-corrected chi connectivity index (χ0v) is 13.1. The molecule has 0 aliphatic heterocycles. The van der Waals surface area contributed by atoms with Crippen molar-refractivity contribution in [3.8, 4) is 0 Å². The topological polar surface area (TPSA) is 39.2 Å². The molecule has 21 heavy (non-hydrogen) atoms. The Morgan fingerprint density at radius 3 is 2.67 bits per heavy atom. The summed E-state index contributed by atoms with van der Waals surface area (Å²) in [4.78, 5) is 15.5. The second kappa shape index (κ2) is 12.1. The number of hydrogen-bond donors (Lipinski definition) is 0. The fourth-order valence-corrected chi connectivity index (χ4v) is 2.08. The van der Waals surface area contributed by atoms with E-state index in [0.29, 0.717) is 0 Å². The summed E-state index contributed by atoms with van der Waals surface area (Å²) in [6.07, 6.45) is 16.9. The predicted octanol–water partition coefficient (Wildman–Crippen LogP) is 4.82. The summed E-state index contributed by atoms with van der Waals surface area (Å²) in [6, 6.07) is 3.72. The molecule has 1 aromatic heterocycles. The second-order valence-corrected chi connectivity index (χ2v) is 5.28. The summed E-state index contributed by atoms with van der Waals surface area (Å²) in [5.74, 6) is -0.276. The van der Waals surface area contributed by atoms with Gasteiger partial charge in [0.05, 0.1) is 0 Å². The third-order valence-corrected chi connectivity index (χ3v) is 3.33. The molecule has 3 nitrogen and oxygen atoms in total. The van der Waals surface area contributed by atoms with Crippen molar-refractivity contribution in [3.63, 3.8) is 0 Å². The van der Waals surface area contributed by atoms with Crippen LogP contribution >= 0.6 is 0 Å². The minimum atomic E-state index is -0.276. The number of esters is 1. The quantitative estimate of drug-likeness (QED) is 0.333. The van der Waals surface area contributed by atoms with E-state index in [1.165, 1.54) is 44.6 Å². The van der Waals surface area contributed by atoms with Crippen LogP contribution in [0.4, 0.5) is 0 Å². The molecular weight excluding hydrogens is 262 g/mol. The van der Waals surface area contributed by atoms with Gasteiger partial charge in [-0.2, -0.15) is 0 Å². The number of nitrogens with zero attached hydrogens (tertiary/aromatic N) is 1. The monoisotopic (exact) mass is 289 g/mol. The molecule has 0 saturated carbocycles. The first kappa shape index (κ1) is 17.4. The number of rotatable bonds is 11. The van der Waals surface area contributed by atoms with E-state index in [1.807, 2.05) is 18.2 Å². The standard InChI is InChI=1S/C18H27NO2/c1-2-3-4-5-6-7-8-9-10-13-18(20)21-16-17-12-11-14-19-15-17/h10-15H,2-9,16H2,1H3/b13-10+. The van der Waals surface area contributed by atoms with Gasteiger partial charge in [0.25, 0.3) is 0 Å². The maximum atomic E-state index is 11.5. The molecule has 0 N–H and O–H groups in total. The summed E-state index contributed by atoms with van der Waals surface area (Å²) < 4.78 is 5.13. The molecule has 0 radical (unpaired) electrons. The molecular formula is C18H27NO2. The number of unbranched alkanes of at least 4 members (excludes halogenated alkanes) is 7. The van der Waals surface area contributed by atoms with Crippen LogP contribution in [0.25, 0.3) is 0 Å². The first-order chi connectivity index (χ1) is 10.3. The van der Waals surface area contributed by atoms with Crippen molar-refractivity contribution in [3.05, 3.63) is 42.2 Å².